The van der Waals surface area contributed by atoms with Gasteiger partial charge in [0.25, 0.3) is 0 Å². The minimum Gasteiger partial charge on any atom is -0.493 e. The van der Waals surface area contributed by atoms with Crippen molar-refractivity contribution in [2.75, 3.05) is 14.2 Å². The summed E-state index contributed by atoms with van der Waals surface area (Å²) in [6, 6.07) is 4.36. The van der Waals surface area contributed by atoms with Crippen molar-refractivity contribution in [3.8, 4) is 11.5 Å². The zero-order valence-electron chi connectivity index (χ0n) is 12.7. The van der Waals surface area contributed by atoms with Crippen molar-refractivity contribution in [1.82, 2.24) is 0 Å². The number of rotatable bonds is 3. The molecule has 0 amide bonds. The average Bonchev–Trinajstić information content (AvgIpc) is 3.00. The molecule has 3 atom stereocenters. The number of hydrogen-bond acceptors (Lipinski definition) is 2. The predicted octanol–water partition coefficient (Wildman–Crippen LogP) is 4.09. The Kier molecular flexibility index (Phi) is 2.64. The molecule has 19 heavy (non-hydrogen) atoms. The quantitative estimate of drug-likeness (QED) is 0.815. The van der Waals surface area contributed by atoms with Gasteiger partial charge in [0.1, 0.15) is 0 Å². The van der Waals surface area contributed by atoms with Gasteiger partial charge in [0, 0.05) is 11.0 Å². The number of hydrogen-bond donors (Lipinski definition) is 0. The van der Waals surface area contributed by atoms with Crippen LogP contribution in [0.15, 0.2) is 12.1 Å². The molecule has 0 saturated heterocycles. The Labute approximate surface area is 116 Å². The van der Waals surface area contributed by atoms with Gasteiger partial charge in [-0.25, -0.2) is 0 Å². The average molecular weight is 260 g/mol. The fourth-order valence-electron chi connectivity index (χ4n) is 4.25. The van der Waals surface area contributed by atoms with E-state index in [1.54, 1.807) is 14.2 Å². The Morgan fingerprint density at radius 3 is 2.37 bits per heavy atom. The van der Waals surface area contributed by atoms with Crippen molar-refractivity contribution < 1.29 is 9.47 Å². The molecular formula is C17H24O2. The summed E-state index contributed by atoms with van der Waals surface area (Å²) in [7, 11) is 3.47. The molecule has 2 nitrogen and oxygen atoms in total. The first kappa shape index (κ1) is 12.8. The lowest BCUT2D eigenvalue weighted by atomic mass is 9.70. The number of ether oxygens (including phenoxy) is 2. The molecule has 0 heterocycles. The second-order valence-corrected chi connectivity index (χ2v) is 6.74. The minimum atomic E-state index is 0.225. The first-order valence-corrected chi connectivity index (χ1v) is 7.19. The first-order valence-electron chi connectivity index (χ1n) is 7.19. The van der Waals surface area contributed by atoms with Crippen molar-refractivity contribution in [3.63, 3.8) is 0 Å². The van der Waals surface area contributed by atoms with Gasteiger partial charge in [-0.1, -0.05) is 19.9 Å². The minimum absolute atomic E-state index is 0.225. The van der Waals surface area contributed by atoms with E-state index in [9.17, 15) is 0 Å². The second-order valence-electron chi connectivity index (χ2n) is 6.74. The third-order valence-electron chi connectivity index (χ3n) is 5.88. The fraction of sp³-hybridized carbons (Fsp3) is 0.647. The monoisotopic (exact) mass is 260 g/mol. The highest BCUT2D eigenvalue weighted by atomic mass is 16.5. The molecule has 3 rings (SSSR count). The van der Waals surface area contributed by atoms with Crippen LogP contribution in [-0.2, 0) is 5.41 Å². The molecule has 0 unspecified atom stereocenters. The molecule has 0 spiro atoms. The predicted molar refractivity (Wildman–Crippen MR) is 77.1 cm³/mol. The van der Waals surface area contributed by atoms with Crippen molar-refractivity contribution in [2.45, 2.75) is 45.4 Å². The Bertz CT molecular complexity index is 520. The zero-order valence-corrected chi connectivity index (χ0v) is 12.7. The van der Waals surface area contributed by atoms with Gasteiger partial charge in [0.15, 0.2) is 11.5 Å². The van der Waals surface area contributed by atoms with E-state index in [0.717, 1.165) is 17.4 Å². The third kappa shape index (κ3) is 1.55. The summed E-state index contributed by atoms with van der Waals surface area (Å²) >= 11 is 0. The maximum absolute atomic E-state index is 5.69. The van der Waals surface area contributed by atoms with E-state index in [0.29, 0.717) is 5.41 Å². The Hall–Kier alpha value is -1.18. The Morgan fingerprint density at radius 2 is 1.89 bits per heavy atom. The maximum atomic E-state index is 5.69. The van der Waals surface area contributed by atoms with Crippen LogP contribution in [0.5, 0.6) is 11.5 Å². The molecule has 0 aliphatic heterocycles. The molecule has 1 aromatic carbocycles. The Balaban J connectivity index is 2.17. The van der Waals surface area contributed by atoms with E-state index in [4.69, 9.17) is 9.47 Å². The summed E-state index contributed by atoms with van der Waals surface area (Å²) in [5.74, 6) is 2.71. The second kappa shape index (κ2) is 3.91. The maximum Gasteiger partial charge on any atom is 0.164 e. The Morgan fingerprint density at radius 1 is 1.16 bits per heavy atom. The molecule has 2 heteroatoms. The molecule has 0 bridgehead atoms. The molecule has 2 fully saturated rings. The summed E-state index contributed by atoms with van der Waals surface area (Å²) in [4.78, 5) is 0. The lowest BCUT2D eigenvalue weighted by molar-refractivity contribution is 0.286. The van der Waals surface area contributed by atoms with Crippen LogP contribution < -0.4 is 9.47 Å². The van der Waals surface area contributed by atoms with E-state index in [2.05, 4.69) is 32.9 Å². The van der Waals surface area contributed by atoms with E-state index in [-0.39, 0.29) is 5.41 Å². The topological polar surface area (TPSA) is 18.5 Å². The number of fused-ring (bicyclic) bond motifs is 1. The summed E-state index contributed by atoms with van der Waals surface area (Å²) in [6.07, 6.45) is 3.98. The van der Waals surface area contributed by atoms with Crippen LogP contribution in [0.2, 0.25) is 0 Å². The highest BCUT2D eigenvalue weighted by Gasteiger charge is 2.66. The van der Waals surface area contributed by atoms with Crippen molar-refractivity contribution in [2.24, 2.45) is 11.3 Å². The largest absolute Gasteiger partial charge is 0.493 e. The molecule has 2 aliphatic carbocycles. The molecule has 0 N–H and O–H groups in total. The van der Waals surface area contributed by atoms with Crippen molar-refractivity contribution in [3.05, 3.63) is 23.3 Å². The van der Waals surface area contributed by atoms with Gasteiger partial charge < -0.3 is 9.47 Å². The number of methoxy groups -OCH3 is 2. The van der Waals surface area contributed by atoms with Gasteiger partial charge in [-0.15, -0.1) is 0 Å². The normalized spacial score (nSPS) is 35.9. The van der Waals surface area contributed by atoms with E-state index in [1.807, 2.05) is 0 Å². The van der Waals surface area contributed by atoms with Gasteiger partial charge in [-0.3, -0.25) is 0 Å². The molecule has 1 aromatic rings. The summed E-state index contributed by atoms with van der Waals surface area (Å²) < 4.78 is 11.2. The fourth-order valence-corrected chi connectivity index (χ4v) is 4.25. The summed E-state index contributed by atoms with van der Waals surface area (Å²) in [6.45, 7) is 6.99. The smallest absolute Gasteiger partial charge is 0.164 e. The molecule has 0 aromatic heterocycles. The standard InChI is InChI=1S/C17H24O2/c1-11-8-13(15(19-5)14(9-11)18-4)16(2)7-6-12-10-17(12,16)3/h8-9,12H,6-7,10H2,1-5H3/t12-,16-,17+/m1/s1. The van der Waals surface area contributed by atoms with Crippen LogP contribution in [-0.4, -0.2) is 14.2 Å². The van der Waals surface area contributed by atoms with Gasteiger partial charge in [0.05, 0.1) is 14.2 Å². The number of aryl methyl sites for hydroxylation is 1. The van der Waals surface area contributed by atoms with E-state index in [1.165, 1.54) is 30.4 Å². The van der Waals surface area contributed by atoms with Crippen LogP contribution in [0.25, 0.3) is 0 Å². The molecule has 2 aliphatic rings. The van der Waals surface area contributed by atoms with Gasteiger partial charge >= 0.3 is 0 Å². The van der Waals surface area contributed by atoms with Crippen LogP contribution >= 0.6 is 0 Å². The van der Waals surface area contributed by atoms with Crippen LogP contribution in [0.1, 0.15) is 44.2 Å². The summed E-state index contributed by atoms with van der Waals surface area (Å²) in [5.41, 5.74) is 3.28. The lowest BCUT2D eigenvalue weighted by Crippen LogP contribution is -2.29. The molecule has 104 valence electrons. The SMILES string of the molecule is COc1cc(C)cc([C@@]2(C)CC[C@@H]3C[C@@]32C)c1OC. The molecule has 2 saturated carbocycles. The van der Waals surface area contributed by atoms with Crippen molar-refractivity contribution >= 4 is 0 Å². The summed E-state index contributed by atoms with van der Waals surface area (Å²) in [5, 5.41) is 0. The van der Waals surface area contributed by atoms with Crippen LogP contribution in [0, 0.1) is 18.3 Å². The lowest BCUT2D eigenvalue weighted by Gasteiger charge is -2.35. The first-order chi connectivity index (χ1) is 8.96. The van der Waals surface area contributed by atoms with Gasteiger partial charge in [0.2, 0.25) is 0 Å². The highest BCUT2D eigenvalue weighted by Crippen LogP contribution is 2.73. The zero-order chi connectivity index (χ0) is 13.8. The molecule has 0 radical (unpaired) electrons. The van der Waals surface area contributed by atoms with Crippen LogP contribution in [0.4, 0.5) is 0 Å². The van der Waals surface area contributed by atoms with E-state index < -0.39 is 0 Å². The highest BCUT2D eigenvalue weighted by molar-refractivity contribution is 5.54. The van der Waals surface area contributed by atoms with Gasteiger partial charge in [-0.2, -0.15) is 0 Å². The molecular weight excluding hydrogens is 236 g/mol. The van der Waals surface area contributed by atoms with E-state index >= 15 is 0 Å². The van der Waals surface area contributed by atoms with Gasteiger partial charge in [-0.05, 0) is 49.1 Å². The van der Waals surface area contributed by atoms with Crippen LogP contribution in [0.3, 0.4) is 0 Å². The third-order valence-corrected chi connectivity index (χ3v) is 5.88. The van der Waals surface area contributed by atoms with Crippen molar-refractivity contribution in [1.29, 1.82) is 0 Å². The number of benzene rings is 1.